The van der Waals surface area contributed by atoms with E-state index in [-0.39, 0.29) is 18.6 Å². The number of nitrogens with zero attached hydrogens (tertiary/aromatic N) is 2. The summed E-state index contributed by atoms with van der Waals surface area (Å²) < 4.78 is 6.50. The predicted octanol–water partition coefficient (Wildman–Crippen LogP) is 3.46. The van der Waals surface area contributed by atoms with E-state index in [1.54, 1.807) is 18.0 Å². The molecule has 0 N–H and O–H groups in total. The molecule has 2 aliphatic rings. The SMILES string of the molecule is CN1C(=O)CN2CC(CCl)OC2(c2ccccc2)c2cc(Cl)ccc21. The van der Waals surface area contributed by atoms with Gasteiger partial charge in [0, 0.05) is 29.7 Å². The molecule has 2 aromatic rings. The van der Waals surface area contributed by atoms with E-state index in [4.69, 9.17) is 27.9 Å². The minimum Gasteiger partial charge on any atom is -0.346 e. The molecule has 1 fully saturated rings. The Morgan fingerprint density at radius 2 is 2.00 bits per heavy atom. The highest BCUT2D eigenvalue weighted by Gasteiger charge is 2.53. The van der Waals surface area contributed by atoms with Crippen LogP contribution in [0.4, 0.5) is 5.69 Å². The zero-order valence-corrected chi connectivity index (χ0v) is 15.3. The van der Waals surface area contributed by atoms with Crippen LogP contribution >= 0.6 is 23.2 Å². The molecule has 2 aromatic carbocycles. The first-order chi connectivity index (χ1) is 12.1. The molecule has 4 rings (SSSR count). The van der Waals surface area contributed by atoms with Crippen LogP contribution in [0.2, 0.25) is 5.02 Å². The van der Waals surface area contributed by atoms with Gasteiger partial charge in [0.15, 0.2) is 5.72 Å². The van der Waals surface area contributed by atoms with Crippen LogP contribution < -0.4 is 4.90 Å². The van der Waals surface area contributed by atoms with Crippen molar-refractivity contribution < 1.29 is 9.53 Å². The number of hydrogen-bond acceptors (Lipinski definition) is 3. The molecule has 0 aromatic heterocycles. The van der Waals surface area contributed by atoms with Gasteiger partial charge in [-0.2, -0.15) is 0 Å². The van der Waals surface area contributed by atoms with Crippen molar-refractivity contribution in [3.63, 3.8) is 0 Å². The number of carbonyl (C=O) groups excluding carboxylic acids is 1. The lowest BCUT2D eigenvalue weighted by atomic mass is 9.92. The molecule has 2 aliphatic heterocycles. The minimum atomic E-state index is -0.874. The molecular formula is C19H18Cl2N2O2. The lowest BCUT2D eigenvalue weighted by Gasteiger charge is -2.37. The zero-order chi connectivity index (χ0) is 17.6. The quantitative estimate of drug-likeness (QED) is 0.752. The number of fused-ring (bicyclic) bond motifs is 3. The molecule has 6 heteroatoms. The van der Waals surface area contributed by atoms with Crippen LogP contribution in [0.15, 0.2) is 48.5 Å². The molecule has 1 amide bonds. The Balaban J connectivity index is 2.02. The van der Waals surface area contributed by atoms with E-state index in [1.807, 2.05) is 42.5 Å². The second-order valence-electron chi connectivity index (χ2n) is 6.40. The van der Waals surface area contributed by atoms with Gasteiger partial charge in [-0.3, -0.25) is 9.69 Å². The molecular weight excluding hydrogens is 359 g/mol. The molecule has 1 saturated heterocycles. The Hall–Kier alpha value is -1.59. The summed E-state index contributed by atoms with van der Waals surface area (Å²) in [5.74, 6) is 0.380. The van der Waals surface area contributed by atoms with Crippen LogP contribution in [0.25, 0.3) is 0 Å². The Labute approximate surface area is 156 Å². The molecule has 0 bridgehead atoms. The lowest BCUT2D eigenvalue weighted by Crippen LogP contribution is -2.45. The molecule has 0 radical (unpaired) electrons. The summed E-state index contributed by atoms with van der Waals surface area (Å²) in [6.45, 7) is 0.842. The van der Waals surface area contributed by atoms with Crippen LogP contribution in [0.1, 0.15) is 11.1 Å². The maximum absolute atomic E-state index is 12.7. The van der Waals surface area contributed by atoms with Crippen molar-refractivity contribution in [2.45, 2.75) is 11.8 Å². The summed E-state index contributed by atoms with van der Waals surface area (Å²) in [4.78, 5) is 16.5. The molecule has 2 atom stereocenters. The zero-order valence-electron chi connectivity index (χ0n) is 13.8. The fraction of sp³-hybridized carbons (Fsp3) is 0.316. The Morgan fingerprint density at radius 3 is 2.72 bits per heavy atom. The monoisotopic (exact) mass is 376 g/mol. The standard InChI is InChI=1S/C19H18Cl2N2O2/c1-22-17-8-7-14(21)9-16(17)19(13-5-3-2-4-6-13)23(12-18(22)24)11-15(10-20)25-19/h2-9,15H,10-12H2,1H3. The largest absolute Gasteiger partial charge is 0.346 e. The van der Waals surface area contributed by atoms with E-state index in [2.05, 4.69) is 4.90 Å². The third-order valence-corrected chi connectivity index (χ3v) is 5.51. The van der Waals surface area contributed by atoms with Gasteiger partial charge in [-0.05, 0) is 18.2 Å². The van der Waals surface area contributed by atoms with E-state index in [0.717, 1.165) is 16.8 Å². The summed E-state index contributed by atoms with van der Waals surface area (Å²) in [6, 6.07) is 15.5. The molecule has 0 saturated carbocycles. The third kappa shape index (κ3) is 2.56. The van der Waals surface area contributed by atoms with Gasteiger partial charge >= 0.3 is 0 Å². The fourth-order valence-corrected chi connectivity index (χ4v) is 4.10. The van der Waals surface area contributed by atoms with Crippen molar-refractivity contribution in [3.8, 4) is 0 Å². The van der Waals surface area contributed by atoms with Crippen molar-refractivity contribution in [1.29, 1.82) is 0 Å². The van der Waals surface area contributed by atoms with Crippen LogP contribution in [0.3, 0.4) is 0 Å². The summed E-state index contributed by atoms with van der Waals surface area (Å²) in [6.07, 6.45) is -0.162. The number of anilines is 1. The topological polar surface area (TPSA) is 32.8 Å². The number of likely N-dealkylation sites (N-methyl/N-ethyl adjacent to an activating group) is 1. The summed E-state index contributed by atoms with van der Waals surface area (Å²) in [7, 11) is 1.79. The van der Waals surface area contributed by atoms with Crippen LogP contribution in [-0.2, 0) is 15.3 Å². The van der Waals surface area contributed by atoms with Crippen LogP contribution in [-0.4, -0.2) is 42.9 Å². The van der Waals surface area contributed by atoms with Crippen molar-refractivity contribution in [2.24, 2.45) is 0 Å². The highest BCUT2D eigenvalue weighted by molar-refractivity contribution is 6.30. The number of carbonyl (C=O) groups is 1. The third-order valence-electron chi connectivity index (χ3n) is 4.93. The average molecular weight is 377 g/mol. The maximum Gasteiger partial charge on any atom is 0.241 e. The van der Waals surface area contributed by atoms with E-state index in [0.29, 0.717) is 17.4 Å². The average Bonchev–Trinajstić information content (AvgIpc) is 2.97. The Bertz CT molecular complexity index is 814. The van der Waals surface area contributed by atoms with Gasteiger partial charge < -0.3 is 9.64 Å². The van der Waals surface area contributed by atoms with Gasteiger partial charge in [-0.25, -0.2) is 0 Å². The second-order valence-corrected chi connectivity index (χ2v) is 7.14. The molecule has 2 heterocycles. The van der Waals surface area contributed by atoms with Crippen molar-refractivity contribution in [2.75, 3.05) is 30.9 Å². The summed E-state index contributed by atoms with van der Waals surface area (Å²) >= 11 is 12.4. The van der Waals surface area contributed by atoms with Gasteiger partial charge in [0.25, 0.3) is 0 Å². The molecule has 0 spiro atoms. The highest BCUT2D eigenvalue weighted by Crippen LogP contribution is 2.48. The normalized spacial score (nSPS) is 26.3. The van der Waals surface area contributed by atoms with E-state index >= 15 is 0 Å². The number of ether oxygens (including phenoxy) is 1. The fourth-order valence-electron chi connectivity index (χ4n) is 3.76. The number of alkyl halides is 1. The van der Waals surface area contributed by atoms with Crippen LogP contribution in [0.5, 0.6) is 0 Å². The number of halogens is 2. The predicted molar refractivity (Wildman–Crippen MR) is 99.3 cm³/mol. The van der Waals surface area contributed by atoms with Crippen LogP contribution in [0, 0.1) is 0 Å². The minimum absolute atomic E-state index is 0.0141. The second kappa shape index (κ2) is 6.29. The Kier molecular flexibility index (Phi) is 4.24. The molecule has 0 aliphatic carbocycles. The first-order valence-corrected chi connectivity index (χ1v) is 9.08. The van der Waals surface area contributed by atoms with Gasteiger partial charge in [-0.15, -0.1) is 11.6 Å². The first kappa shape index (κ1) is 16.9. The summed E-state index contributed by atoms with van der Waals surface area (Å²) in [5.41, 5.74) is 1.76. The maximum atomic E-state index is 12.7. The number of amides is 1. The number of benzene rings is 2. The Morgan fingerprint density at radius 1 is 1.24 bits per heavy atom. The lowest BCUT2D eigenvalue weighted by molar-refractivity contribution is -0.123. The first-order valence-electron chi connectivity index (χ1n) is 8.17. The smallest absolute Gasteiger partial charge is 0.241 e. The van der Waals surface area contributed by atoms with Crippen molar-refractivity contribution >= 4 is 34.8 Å². The van der Waals surface area contributed by atoms with E-state index in [9.17, 15) is 4.79 Å². The van der Waals surface area contributed by atoms with Crippen molar-refractivity contribution in [3.05, 3.63) is 64.7 Å². The summed E-state index contributed by atoms with van der Waals surface area (Å²) in [5, 5.41) is 0.606. The highest BCUT2D eigenvalue weighted by atomic mass is 35.5. The molecule has 2 unspecified atom stereocenters. The van der Waals surface area contributed by atoms with Crippen molar-refractivity contribution in [1.82, 2.24) is 4.90 Å². The molecule has 130 valence electrons. The molecule has 4 nitrogen and oxygen atoms in total. The number of rotatable bonds is 2. The van der Waals surface area contributed by atoms with Gasteiger partial charge in [0.2, 0.25) is 5.91 Å². The van der Waals surface area contributed by atoms with E-state index < -0.39 is 5.72 Å². The van der Waals surface area contributed by atoms with E-state index in [1.165, 1.54) is 0 Å². The van der Waals surface area contributed by atoms with Gasteiger partial charge in [-0.1, -0.05) is 41.9 Å². The van der Waals surface area contributed by atoms with Gasteiger partial charge in [0.05, 0.1) is 24.2 Å². The van der Waals surface area contributed by atoms with Gasteiger partial charge in [0.1, 0.15) is 0 Å². The number of hydrogen-bond donors (Lipinski definition) is 0. The molecule has 25 heavy (non-hydrogen) atoms.